The molecule has 0 aliphatic carbocycles. The lowest BCUT2D eigenvalue weighted by atomic mass is 9.89. The van der Waals surface area contributed by atoms with Gasteiger partial charge in [-0.25, -0.2) is 0 Å². The Kier molecular flexibility index (Phi) is 4.16. The van der Waals surface area contributed by atoms with E-state index in [1.165, 1.54) is 20.9 Å². The van der Waals surface area contributed by atoms with Crippen LogP contribution in [0.5, 0.6) is 0 Å². The highest BCUT2D eigenvalue weighted by atomic mass is 32.1. The topological polar surface area (TPSA) is 15.3 Å². The number of nitrogens with zero attached hydrogens (tertiary/aromatic N) is 1. The van der Waals surface area contributed by atoms with Gasteiger partial charge in [0, 0.05) is 35.9 Å². The van der Waals surface area contributed by atoms with Crippen LogP contribution < -0.4 is 5.32 Å². The summed E-state index contributed by atoms with van der Waals surface area (Å²) in [4.78, 5) is 5.52. The Morgan fingerprint density at radius 1 is 1.24 bits per heavy atom. The molecule has 0 bridgehead atoms. The maximum atomic E-state index is 3.71. The summed E-state index contributed by atoms with van der Waals surface area (Å²) in [5.74, 6) is 0. The molecule has 2 nitrogen and oxygen atoms in total. The zero-order valence-corrected chi connectivity index (χ0v) is 14.0. The Morgan fingerprint density at radius 3 is 2.67 bits per heavy atom. The van der Waals surface area contributed by atoms with Crippen molar-refractivity contribution >= 4 is 11.3 Å². The molecule has 21 heavy (non-hydrogen) atoms. The fourth-order valence-corrected chi connectivity index (χ4v) is 4.25. The van der Waals surface area contributed by atoms with Crippen molar-refractivity contribution in [1.82, 2.24) is 10.2 Å². The summed E-state index contributed by atoms with van der Waals surface area (Å²) in [6, 6.07) is 13.2. The fourth-order valence-electron chi connectivity index (χ4n) is 3.15. The Morgan fingerprint density at radius 2 is 2.00 bits per heavy atom. The lowest BCUT2D eigenvalue weighted by Crippen LogP contribution is -2.56. The van der Waals surface area contributed by atoms with Gasteiger partial charge < -0.3 is 5.32 Å². The minimum atomic E-state index is 0.0564. The molecular formula is C18H24N2S. The predicted octanol–water partition coefficient (Wildman–Crippen LogP) is 3.69. The van der Waals surface area contributed by atoms with Gasteiger partial charge in [0.25, 0.3) is 0 Å². The van der Waals surface area contributed by atoms with Crippen LogP contribution in [0, 0.1) is 13.8 Å². The van der Waals surface area contributed by atoms with Gasteiger partial charge in [0.1, 0.15) is 0 Å². The third kappa shape index (κ3) is 3.20. The van der Waals surface area contributed by atoms with Gasteiger partial charge in [0.05, 0.1) is 5.54 Å². The van der Waals surface area contributed by atoms with Crippen molar-refractivity contribution < 1.29 is 0 Å². The van der Waals surface area contributed by atoms with Gasteiger partial charge >= 0.3 is 0 Å². The van der Waals surface area contributed by atoms with Crippen LogP contribution in [0.2, 0.25) is 0 Å². The first-order valence-corrected chi connectivity index (χ1v) is 8.47. The molecule has 1 aliphatic heterocycles. The van der Waals surface area contributed by atoms with E-state index in [0.29, 0.717) is 0 Å². The van der Waals surface area contributed by atoms with Gasteiger partial charge in [0.2, 0.25) is 0 Å². The molecule has 1 unspecified atom stereocenters. The van der Waals surface area contributed by atoms with Gasteiger partial charge in [-0.15, -0.1) is 11.3 Å². The van der Waals surface area contributed by atoms with Gasteiger partial charge in [-0.1, -0.05) is 30.3 Å². The number of piperazine rings is 1. The molecule has 112 valence electrons. The molecule has 3 heteroatoms. The van der Waals surface area contributed by atoms with Gasteiger partial charge in [-0.2, -0.15) is 0 Å². The molecule has 1 saturated heterocycles. The summed E-state index contributed by atoms with van der Waals surface area (Å²) in [6.45, 7) is 11.1. The average molecular weight is 300 g/mol. The molecule has 2 aromatic rings. The molecule has 1 aromatic carbocycles. The van der Waals surface area contributed by atoms with Crippen molar-refractivity contribution in [2.24, 2.45) is 0 Å². The summed E-state index contributed by atoms with van der Waals surface area (Å²) in [5, 5.41) is 3.71. The largest absolute Gasteiger partial charge is 0.305 e. The van der Waals surface area contributed by atoms with E-state index < -0.39 is 0 Å². The zero-order chi connectivity index (χ0) is 14.9. The second-order valence-electron chi connectivity index (χ2n) is 6.29. The molecule has 1 fully saturated rings. The maximum absolute atomic E-state index is 3.71. The lowest BCUT2D eigenvalue weighted by Gasteiger charge is -2.41. The van der Waals surface area contributed by atoms with Crippen molar-refractivity contribution in [1.29, 1.82) is 0 Å². The van der Waals surface area contributed by atoms with E-state index in [-0.39, 0.29) is 5.54 Å². The molecule has 0 saturated carbocycles. The van der Waals surface area contributed by atoms with Crippen LogP contribution in [0.15, 0.2) is 36.4 Å². The fraction of sp³-hybridized carbons (Fsp3) is 0.444. The second kappa shape index (κ2) is 5.91. The first-order chi connectivity index (χ1) is 10.1. The van der Waals surface area contributed by atoms with Crippen LogP contribution in [0.1, 0.15) is 27.8 Å². The smallest absolute Gasteiger partial charge is 0.0535 e. The molecule has 1 aromatic heterocycles. The van der Waals surface area contributed by atoms with Crippen LogP contribution in [0.3, 0.4) is 0 Å². The van der Waals surface area contributed by atoms with E-state index in [4.69, 9.17) is 0 Å². The third-order valence-corrected chi connectivity index (χ3v) is 5.63. The highest BCUT2D eigenvalue weighted by Crippen LogP contribution is 2.27. The van der Waals surface area contributed by atoms with E-state index in [0.717, 1.165) is 26.2 Å². The summed E-state index contributed by atoms with van der Waals surface area (Å²) >= 11 is 1.94. The Balaban J connectivity index is 1.74. The number of rotatable bonds is 3. The summed E-state index contributed by atoms with van der Waals surface area (Å²) < 4.78 is 0. The maximum Gasteiger partial charge on any atom is 0.0535 e. The number of thiophene rings is 1. The Hall–Kier alpha value is -1.16. The van der Waals surface area contributed by atoms with Crippen LogP contribution in [0.4, 0.5) is 0 Å². The molecule has 1 aliphatic rings. The number of aryl methyl sites for hydroxylation is 2. The minimum Gasteiger partial charge on any atom is -0.305 e. The van der Waals surface area contributed by atoms with Crippen LogP contribution in [0.25, 0.3) is 0 Å². The molecule has 3 rings (SSSR count). The van der Waals surface area contributed by atoms with Crippen LogP contribution in [-0.2, 0) is 12.1 Å². The molecule has 1 N–H and O–H groups in total. The standard InChI is InChI=1S/C18H24N2S/c1-14-11-17(21-15(14)2)12-20-10-9-19-18(3,13-20)16-7-5-4-6-8-16/h4-8,11,19H,9-10,12-13H2,1-3H3. The monoisotopic (exact) mass is 300 g/mol. The van der Waals surface area contributed by atoms with Gasteiger partial charge in [-0.3, -0.25) is 4.90 Å². The molecule has 2 heterocycles. The normalized spacial score (nSPS) is 23.4. The quantitative estimate of drug-likeness (QED) is 0.930. The first kappa shape index (κ1) is 14.8. The molecule has 0 amide bonds. The van der Waals surface area contributed by atoms with Crippen LogP contribution in [-0.4, -0.2) is 24.5 Å². The SMILES string of the molecule is Cc1cc(CN2CCNC(C)(c3ccccc3)C2)sc1C. The van der Waals surface area contributed by atoms with E-state index in [9.17, 15) is 0 Å². The van der Waals surface area contributed by atoms with E-state index in [2.05, 4.69) is 67.4 Å². The zero-order valence-electron chi connectivity index (χ0n) is 13.1. The predicted molar refractivity (Wildman–Crippen MR) is 90.9 cm³/mol. The van der Waals surface area contributed by atoms with Gasteiger partial charge in [0.15, 0.2) is 0 Å². The second-order valence-corrected chi connectivity index (χ2v) is 7.63. The molecule has 1 atom stereocenters. The van der Waals surface area contributed by atoms with Crippen molar-refractivity contribution in [2.75, 3.05) is 19.6 Å². The molecule has 0 radical (unpaired) electrons. The van der Waals surface area contributed by atoms with E-state index in [1.807, 2.05) is 11.3 Å². The Bertz CT molecular complexity index is 585. The Labute approximate surface area is 131 Å². The highest BCUT2D eigenvalue weighted by Gasteiger charge is 2.32. The van der Waals surface area contributed by atoms with Crippen molar-refractivity contribution in [2.45, 2.75) is 32.9 Å². The molecule has 0 spiro atoms. The summed E-state index contributed by atoms with van der Waals surface area (Å²) in [7, 11) is 0. The van der Waals surface area contributed by atoms with E-state index in [1.54, 1.807) is 0 Å². The molecular weight excluding hydrogens is 276 g/mol. The van der Waals surface area contributed by atoms with Gasteiger partial charge in [-0.05, 0) is 38.0 Å². The number of hydrogen-bond acceptors (Lipinski definition) is 3. The minimum absolute atomic E-state index is 0.0564. The number of benzene rings is 1. The van der Waals surface area contributed by atoms with Crippen molar-refractivity contribution in [3.8, 4) is 0 Å². The van der Waals surface area contributed by atoms with Crippen LogP contribution >= 0.6 is 11.3 Å². The highest BCUT2D eigenvalue weighted by molar-refractivity contribution is 7.12. The number of nitrogens with one attached hydrogen (secondary N) is 1. The van der Waals surface area contributed by atoms with Crippen molar-refractivity contribution in [3.05, 3.63) is 57.3 Å². The summed E-state index contributed by atoms with van der Waals surface area (Å²) in [5.41, 5.74) is 2.87. The first-order valence-electron chi connectivity index (χ1n) is 7.66. The lowest BCUT2D eigenvalue weighted by molar-refractivity contribution is 0.137. The average Bonchev–Trinajstić information content (AvgIpc) is 2.78. The van der Waals surface area contributed by atoms with E-state index >= 15 is 0 Å². The number of hydrogen-bond donors (Lipinski definition) is 1. The van der Waals surface area contributed by atoms with Crippen molar-refractivity contribution in [3.63, 3.8) is 0 Å². The summed E-state index contributed by atoms with van der Waals surface area (Å²) in [6.07, 6.45) is 0. The third-order valence-electron chi connectivity index (χ3n) is 4.49.